The molecule has 1 aliphatic heterocycles. The molecule has 208 valence electrons. The van der Waals surface area contributed by atoms with Gasteiger partial charge >= 0.3 is 6.03 Å². The van der Waals surface area contributed by atoms with E-state index in [4.69, 9.17) is 25.8 Å². The predicted octanol–water partition coefficient (Wildman–Crippen LogP) is 6.90. The van der Waals surface area contributed by atoms with Gasteiger partial charge in [-0.1, -0.05) is 29.3 Å². The molecule has 1 fully saturated rings. The maximum Gasteiger partial charge on any atom is 0.323 e. The summed E-state index contributed by atoms with van der Waals surface area (Å²) >= 11 is 6.46. The Balaban J connectivity index is 1.25. The van der Waals surface area contributed by atoms with Crippen LogP contribution in [-0.4, -0.2) is 54.2 Å². The van der Waals surface area contributed by atoms with Crippen LogP contribution in [0.25, 0.3) is 10.9 Å². The first-order valence-electron chi connectivity index (χ1n) is 13.3. The number of carbonyl (C=O) groups excluding carboxylic acids is 1. The maximum atomic E-state index is 12.4. The third kappa shape index (κ3) is 6.91. The molecular weight excluding hydrogens is 530 g/mol. The molecule has 2 N–H and O–H groups in total. The summed E-state index contributed by atoms with van der Waals surface area (Å²) in [6, 6.07) is 15.8. The lowest BCUT2D eigenvalue weighted by atomic mass is 10.2. The highest BCUT2D eigenvalue weighted by Gasteiger charge is 2.15. The summed E-state index contributed by atoms with van der Waals surface area (Å²) in [4.78, 5) is 23.6. The highest BCUT2D eigenvalue weighted by Crippen LogP contribution is 2.37. The molecule has 40 heavy (non-hydrogen) atoms. The van der Waals surface area contributed by atoms with Gasteiger partial charge in [-0.15, -0.1) is 0 Å². The van der Waals surface area contributed by atoms with Crippen LogP contribution in [0.2, 0.25) is 5.02 Å². The van der Waals surface area contributed by atoms with Crippen molar-refractivity contribution in [3.63, 3.8) is 0 Å². The second-order valence-corrected chi connectivity index (χ2v) is 10.0. The van der Waals surface area contributed by atoms with Gasteiger partial charge in [0, 0.05) is 24.4 Å². The SMILES string of the molecule is COc1cc2c(Oc3ccc(NC(=O)Nc4ccc(C)cc4)c(Cl)c3)ncnc2cc1OCCCN1CCCC1. The molecule has 0 radical (unpaired) electrons. The van der Waals surface area contributed by atoms with Crippen LogP contribution in [-0.2, 0) is 0 Å². The Morgan fingerprint density at radius 3 is 2.55 bits per heavy atom. The van der Waals surface area contributed by atoms with Crippen molar-refractivity contribution in [2.45, 2.75) is 26.2 Å². The summed E-state index contributed by atoms with van der Waals surface area (Å²) in [7, 11) is 1.60. The molecule has 0 atom stereocenters. The molecule has 1 saturated heterocycles. The number of rotatable bonds is 10. The number of halogens is 1. The Hall–Kier alpha value is -4.08. The summed E-state index contributed by atoms with van der Waals surface area (Å²) in [5.41, 5.74) is 2.90. The molecule has 0 bridgehead atoms. The summed E-state index contributed by atoms with van der Waals surface area (Å²) in [5.74, 6) is 2.00. The van der Waals surface area contributed by atoms with Gasteiger partial charge in [0.2, 0.25) is 5.88 Å². The first kappa shape index (κ1) is 27.5. The van der Waals surface area contributed by atoms with Crippen molar-refractivity contribution in [3.8, 4) is 23.1 Å². The minimum absolute atomic E-state index is 0.317. The third-order valence-electron chi connectivity index (χ3n) is 6.67. The molecule has 0 aliphatic carbocycles. The third-order valence-corrected chi connectivity index (χ3v) is 6.98. The van der Waals surface area contributed by atoms with Gasteiger partial charge in [0.15, 0.2) is 11.5 Å². The molecule has 1 aromatic heterocycles. The van der Waals surface area contributed by atoms with Gasteiger partial charge in [-0.3, -0.25) is 0 Å². The van der Waals surface area contributed by atoms with Gasteiger partial charge in [0.05, 0.1) is 35.3 Å². The number of aryl methyl sites for hydroxylation is 1. The second kappa shape index (κ2) is 12.8. The van der Waals surface area contributed by atoms with Crippen molar-refractivity contribution in [2.24, 2.45) is 0 Å². The molecule has 10 heteroatoms. The van der Waals surface area contributed by atoms with Crippen LogP contribution in [0.4, 0.5) is 16.2 Å². The molecule has 1 aliphatic rings. The number of hydrogen-bond donors (Lipinski definition) is 2. The number of likely N-dealkylation sites (tertiary alicyclic amines) is 1. The molecule has 0 spiro atoms. The van der Waals surface area contributed by atoms with Crippen molar-refractivity contribution < 1.29 is 19.0 Å². The lowest BCUT2D eigenvalue weighted by molar-refractivity contribution is 0.254. The summed E-state index contributed by atoms with van der Waals surface area (Å²) in [6.45, 7) is 5.95. The van der Waals surface area contributed by atoms with Crippen molar-refractivity contribution in [1.29, 1.82) is 0 Å². The fraction of sp³-hybridized carbons (Fsp3) is 0.300. The van der Waals surface area contributed by atoms with Gasteiger partial charge in [-0.2, -0.15) is 0 Å². The van der Waals surface area contributed by atoms with Crippen molar-refractivity contribution in [3.05, 3.63) is 71.5 Å². The Bertz CT molecular complexity index is 1480. The number of carbonyl (C=O) groups is 1. The van der Waals surface area contributed by atoms with Gasteiger partial charge < -0.3 is 29.7 Å². The van der Waals surface area contributed by atoms with Crippen LogP contribution in [0, 0.1) is 6.92 Å². The lowest BCUT2D eigenvalue weighted by Crippen LogP contribution is -2.21. The van der Waals surface area contributed by atoms with E-state index in [0.29, 0.717) is 57.0 Å². The number of urea groups is 1. The summed E-state index contributed by atoms with van der Waals surface area (Å²) < 4.78 is 17.7. The van der Waals surface area contributed by atoms with Crippen molar-refractivity contribution in [2.75, 3.05) is 44.0 Å². The molecule has 5 rings (SSSR count). The number of fused-ring (bicyclic) bond motifs is 1. The minimum Gasteiger partial charge on any atom is -0.493 e. The first-order valence-corrected chi connectivity index (χ1v) is 13.7. The van der Waals surface area contributed by atoms with Gasteiger partial charge in [0.1, 0.15) is 12.1 Å². The van der Waals surface area contributed by atoms with Gasteiger partial charge in [-0.05, 0) is 69.6 Å². The van der Waals surface area contributed by atoms with Crippen LogP contribution in [0.5, 0.6) is 23.1 Å². The molecule has 0 unspecified atom stereocenters. The van der Waals surface area contributed by atoms with Crippen molar-refractivity contribution in [1.82, 2.24) is 14.9 Å². The highest BCUT2D eigenvalue weighted by atomic mass is 35.5. The Morgan fingerprint density at radius 1 is 1.00 bits per heavy atom. The summed E-state index contributed by atoms with van der Waals surface area (Å²) in [6.07, 6.45) is 4.94. The minimum atomic E-state index is -0.401. The molecule has 2 heterocycles. The largest absolute Gasteiger partial charge is 0.493 e. The van der Waals surface area contributed by atoms with Crippen LogP contribution in [0.15, 0.2) is 60.9 Å². The maximum absolute atomic E-state index is 12.4. The number of ether oxygens (including phenoxy) is 3. The molecule has 3 aromatic carbocycles. The average Bonchev–Trinajstić information content (AvgIpc) is 3.47. The Morgan fingerprint density at radius 2 is 1.80 bits per heavy atom. The summed E-state index contributed by atoms with van der Waals surface area (Å²) in [5, 5.41) is 6.52. The topological polar surface area (TPSA) is 97.8 Å². The predicted molar refractivity (Wildman–Crippen MR) is 157 cm³/mol. The van der Waals surface area contributed by atoms with E-state index in [9.17, 15) is 4.79 Å². The fourth-order valence-electron chi connectivity index (χ4n) is 4.56. The smallest absolute Gasteiger partial charge is 0.323 e. The van der Waals surface area contributed by atoms with Crippen molar-refractivity contribution >= 4 is 39.9 Å². The molecule has 4 aromatic rings. The number of nitrogens with zero attached hydrogens (tertiary/aromatic N) is 3. The number of benzene rings is 3. The zero-order valence-corrected chi connectivity index (χ0v) is 23.3. The number of methoxy groups -OCH3 is 1. The van der Waals surface area contributed by atoms with Crippen LogP contribution >= 0.6 is 11.6 Å². The number of aromatic nitrogens is 2. The van der Waals surface area contributed by atoms with Crippen LogP contribution in [0.1, 0.15) is 24.8 Å². The second-order valence-electron chi connectivity index (χ2n) is 9.64. The number of hydrogen-bond acceptors (Lipinski definition) is 7. The zero-order chi connectivity index (χ0) is 27.9. The van der Waals surface area contributed by atoms with Crippen LogP contribution in [0.3, 0.4) is 0 Å². The quantitative estimate of drug-likeness (QED) is 0.203. The monoisotopic (exact) mass is 561 g/mol. The Labute approximate surface area is 238 Å². The van der Waals surface area contributed by atoms with E-state index >= 15 is 0 Å². The molecule has 9 nitrogen and oxygen atoms in total. The number of amides is 2. The standard InChI is InChI=1S/C30H32ClN5O4/c1-20-6-8-21(9-7-20)34-30(37)35-25-11-10-22(16-24(25)31)40-29-23-17-27(38-2)28(18-26(23)32-19-33-29)39-15-5-14-36-12-3-4-13-36/h6-11,16-19H,3-5,12-15H2,1-2H3,(H2,34,35,37). The average molecular weight is 562 g/mol. The van der Waals surface area contributed by atoms with E-state index in [-0.39, 0.29) is 0 Å². The van der Waals surface area contributed by atoms with Gasteiger partial charge in [0.25, 0.3) is 0 Å². The van der Waals surface area contributed by atoms with Crippen LogP contribution < -0.4 is 24.8 Å². The normalized spacial score (nSPS) is 13.3. The Kier molecular flexibility index (Phi) is 8.83. The fourth-order valence-corrected chi connectivity index (χ4v) is 4.78. The van der Waals surface area contributed by atoms with E-state index in [1.165, 1.54) is 32.3 Å². The zero-order valence-electron chi connectivity index (χ0n) is 22.6. The molecular formula is C30H32ClN5O4. The molecule has 0 saturated carbocycles. The van der Waals surface area contributed by atoms with Gasteiger partial charge in [-0.25, -0.2) is 14.8 Å². The lowest BCUT2D eigenvalue weighted by Gasteiger charge is -2.16. The first-order chi connectivity index (χ1) is 19.5. The number of anilines is 2. The van der Waals surface area contributed by atoms with E-state index < -0.39 is 6.03 Å². The van der Waals surface area contributed by atoms with E-state index in [0.717, 1.165) is 18.5 Å². The van der Waals surface area contributed by atoms with E-state index in [1.807, 2.05) is 43.3 Å². The number of nitrogens with one attached hydrogen (secondary N) is 2. The molecule has 2 amide bonds. The van der Waals surface area contributed by atoms with E-state index in [1.54, 1.807) is 25.3 Å². The highest BCUT2D eigenvalue weighted by molar-refractivity contribution is 6.34. The van der Waals surface area contributed by atoms with E-state index in [2.05, 4.69) is 25.5 Å².